The van der Waals surface area contributed by atoms with Gasteiger partial charge in [-0.05, 0) is 62.2 Å². The molecule has 1 aliphatic carbocycles. The van der Waals surface area contributed by atoms with Crippen LogP contribution in [0.1, 0.15) is 87.0 Å². The Morgan fingerprint density at radius 1 is 1.14 bits per heavy atom. The Kier molecular flexibility index (Phi) is 8.50. The predicted octanol–water partition coefficient (Wildman–Crippen LogP) is 7.41. The van der Waals surface area contributed by atoms with E-state index in [0.29, 0.717) is 11.8 Å². The van der Waals surface area contributed by atoms with Gasteiger partial charge in [-0.1, -0.05) is 77.7 Å². The van der Waals surface area contributed by atoms with Crippen molar-refractivity contribution in [2.24, 2.45) is 29.6 Å². The summed E-state index contributed by atoms with van der Waals surface area (Å²) in [4.78, 5) is 0. The number of hydrogen-bond acceptors (Lipinski definition) is 0. The Balaban J connectivity index is 3.20. The largest absolute Gasteiger partial charge is 0.0914 e. The molecular weight excluding hydrogens is 264 g/mol. The zero-order chi connectivity index (χ0) is 16.7. The van der Waals surface area contributed by atoms with E-state index < -0.39 is 0 Å². The minimum Gasteiger partial charge on any atom is -0.0914 e. The molecule has 1 aliphatic rings. The third kappa shape index (κ3) is 5.28. The minimum absolute atomic E-state index is 0.683. The van der Waals surface area contributed by atoms with Crippen LogP contribution in [0.25, 0.3) is 0 Å². The van der Waals surface area contributed by atoms with Gasteiger partial charge in [0.15, 0.2) is 0 Å². The molecule has 4 atom stereocenters. The first-order valence-electron chi connectivity index (χ1n) is 9.83. The highest BCUT2D eigenvalue weighted by atomic mass is 14.5. The van der Waals surface area contributed by atoms with Crippen molar-refractivity contribution in [3.63, 3.8) is 0 Å². The molecule has 1 rings (SSSR count). The summed E-state index contributed by atoms with van der Waals surface area (Å²) in [5.41, 5.74) is 3.69. The van der Waals surface area contributed by atoms with Crippen LogP contribution in [-0.2, 0) is 0 Å². The van der Waals surface area contributed by atoms with Gasteiger partial charge < -0.3 is 0 Å². The van der Waals surface area contributed by atoms with E-state index >= 15 is 0 Å². The highest BCUT2D eigenvalue weighted by Gasteiger charge is 2.41. The summed E-state index contributed by atoms with van der Waals surface area (Å²) in [6.07, 6.45) is 12.8. The van der Waals surface area contributed by atoms with Gasteiger partial charge in [0.2, 0.25) is 0 Å². The van der Waals surface area contributed by atoms with Crippen molar-refractivity contribution < 1.29 is 0 Å². The van der Waals surface area contributed by atoms with Crippen LogP contribution < -0.4 is 0 Å². The van der Waals surface area contributed by atoms with Crippen molar-refractivity contribution >= 4 is 0 Å². The van der Waals surface area contributed by atoms with Gasteiger partial charge in [0.1, 0.15) is 0 Å². The van der Waals surface area contributed by atoms with E-state index in [1.54, 1.807) is 0 Å². The van der Waals surface area contributed by atoms with Gasteiger partial charge in [-0.3, -0.25) is 0 Å². The minimum atomic E-state index is 0.683. The van der Waals surface area contributed by atoms with Gasteiger partial charge in [0.25, 0.3) is 0 Å². The van der Waals surface area contributed by atoms with Crippen LogP contribution >= 0.6 is 0 Å². The van der Waals surface area contributed by atoms with E-state index in [-0.39, 0.29) is 0 Å². The maximum atomic E-state index is 2.45. The number of unbranched alkanes of at least 4 members (excludes halogenated alkanes) is 1. The maximum absolute atomic E-state index is 2.45. The van der Waals surface area contributed by atoms with E-state index in [1.807, 2.05) is 11.1 Å². The molecule has 1 fully saturated rings. The first-order chi connectivity index (χ1) is 10.5. The molecule has 0 nitrogen and oxygen atoms in total. The number of allylic oxidation sites excluding steroid dienone is 4. The molecule has 0 heterocycles. The monoisotopic (exact) mass is 304 g/mol. The van der Waals surface area contributed by atoms with Crippen LogP contribution in [0.15, 0.2) is 23.3 Å². The first kappa shape index (κ1) is 19.5. The molecule has 0 aromatic carbocycles. The topological polar surface area (TPSA) is 0 Å². The summed E-state index contributed by atoms with van der Waals surface area (Å²) in [7, 11) is 0. The molecule has 0 aliphatic heterocycles. The van der Waals surface area contributed by atoms with E-state index in [0.717, 1.165) is 17.8 Å². The predicted molar refractivity (Wildman–Crippen MR) is 101 cm³/mol. The van der Waals surface area contributed by atoms with Gasteiger partial charge in [0.05, 0.1) is 0 Å². The Labute approximate surface area is 140 Å². The van der Waals surface area contributed by atoms with E-state index in [4.69, 9.17) is 0 Å². The van der Waals surface area contributed by atoms with E-state index in [2.05, 4.69) is 60.6 Å². The van der Waals surface area contributed by atoms with Crippen LogP contribution in [0.5, 0.6) is 0 Å². The Hall–Kier alpha value is -0.520. The van der Waals surface area contributed by atoms with Crippen molar-refractivity contribution in [1.82, 2.24) is 0 Å². The highest BCUT2D eigenvalue weighted by Crippen LogP contribution is 2.51. The van der Waals surface area contributed by atoms with Gasteiger partial charge in [-0.15, -0.1) is 0 Å². The Morgan fingerprint density at radius 2 is 1.77 bits per heavy atom. The van der Waals surface area contributed by atoms with Crippen LogP contribution in [0.2, 0.25) is 0 Å². The first-order valence-corrected chi connectivity index (χ1v) is 9.83. The summed E-state index contributed by atoms with van der Waals surface area (Å²) in [6, 6.07) is 0. The number of hydrogen-bond donors (Lipinski definition) is 0. The second-order valence-corrected chi connectivity index (χ2v) is 7.84. The van der Waals surface area contributed by atoms with Crippen molar-refractivity contribution in [3.05, 3.63) is 23.3 Å². The highest BCUT2D eigenvalue weighted by molar-refractivity contribution is 5.28. The summed E-state index contributed by atoms with van der Waals surface area (Å²) in [5, 5.41) is 0. The van der Waals surface area contributed by atoms with E-state index in [1.165, 1.54) is 38.5 Å². The normalized spacial score (nSPS) is 25.5. The molecule has 0 bridgehead atoms. The summed E-state index contributed by atoms with van der Waals surface area (Å²) >= 11 is 0. The Morgan fingerprint density at radius 3 is 2.18 bits per heavy atom. The van der Waals surface area contributed by atoms with E-state index in [9.17, 15) is 0 Å². The molecule has 0 amide bonds. The summed E-state index contributed by atoms with van der Waals surface area (Å²) in [5.74, 6) is 3.97. The fourth-order valence-electron chi connectivity index (χ4n) is 4.09. The third-order valence-corrected chi connectivity index (χ3v) is 5.51. The lowest BCUT2D eigenvalue weighted by Crippen LogP contribution is -2.18. The van der Waals surface area contributed by atoms with Gasteiger partial charge >= 0.3 is 0 Å². The molecule has 4 unspecified atom stereocenters. The van der Waals surface area contributed by atoms with Gasteiger partial charge in [-0.2, -0.15) is 0 Å². The van der Waals surface area contributed by atoms with Crippen LogP contribution in [-0.4, -0.2) is 0 Å². The van der Waals surface area contributed by atoms with Crippen LogP contribution in [0, 0.1) is 29.6 Å². The second kappa shape index (κ2) is 9.58. The lowest BCUT2D eigenvalue weighted by atomic mass is 9.75. The summed E-state index contributed by atoms with van der Waals surface area (Å²) < 4.78 is 0. The van der Waals surface area contributed by atoms with Crippen LogP contribution in [0.3, 0.4) is 0 Å². The lowest BCUT2D eigenvalue weighted by Gasteiger charge is -2.30. The lowest BCUT2D eigenvalue weighted by molar-refractivity contribution is 0.414. The summed E-state index contributed by atoms with van der Waals surface area (Å²) in [6.45, 7) is 16.6. The zero-order valence-electron chi connectivity index (χ0n) is 16.3. The average molecular weight is 305 g/mol. The molecule has 1 saturated carbocycles. The molecule has 0 saturated heterocycles. The smallest absolute Gasteiger partial charge is 0.0137 e. The zero-order valence-corrected chi connectivity index (χ0v) is 16.3. The quantitative estimate of drug-likeness (QED) is 0.368. The molecule has 0 aromatic rings. The molecule has 0 spiro atoms. The molecule has 0 N–H and O–H groups in total. The van der Waals surface area contributed by atoms with Crippen molar-refractivity contribution in [1.29, 1.82) is 0 Å². The molecule has 0 aromatic heterocycles. The standard InChI is InChI=1S/C22H40/c1-8-11-14-19(16(4)5)22(21-15-18(21)7)20(13-10-3)17(6)12-9-2/h9,12,16-18,20-21H,8,10-11,13-15H2,1-7H3/b12-9-,22-19+. The Bertz CT molecular complexity index is 371. The third-order valence-electron chi connectivity index (χ3n) is 5.51. The molecule has 128 valence electrons. The fraction of sp³-hybridized carbons (Fsp3) is 0.818. The molecular formula is C22H40. The van der Waals surface area contributed by atoms with Gasteiger partial charge in [0, 0.05) is 0 Å². The van der Waals surface area contributed by atoms with Crippen molar-refractivity contribution in [3.8, 4) is 0 Å². The van der Waals surface area contributed by atoms with Crippen molar-refractivity contribution in [2.75, 3.05) is 0 Å². The number of rotatable bonds is 10. The SMILES string of the molecule is C/C=C\C(C)C(CCC)/C(=C(/CCCC)C(C)C)C1CC1C. The molecule has 0 heteroatoms. The fourth-order valence-corrected chi connectivity index (χ4v) is 4.09. The maximum Gasteiger partial charge on any atom is -0.0137 e. The second-order valence-electron chi connectivity index (χ2n) is 7.84. The molecule has 22 heavy (non-hydrogen) atoms. The van der Waals surface area contributed by atoms with Gasteiger partial charge in [-0.25, -0.2) is 0 Å². The van der Waals surface area contributed by atoms with Crippen LogP contribution in [0.4, 0.5) is 0 Å². The molecule has 0 radical (unpaired) electrons. The van der Waals surface area contributed by atoms with Crippen molar-refractivity contribution in [2.45, 2.75) is 87.0 Å². The average Bonchev–Trinajstić information content (AvgIpc) is 3.18.